The van der Waals surface area contributed by atoms with Gasteiger partial charge in [0.25, 0.3) is 0 Å². The van der Waals surface area contributed by atoms with Crippen molar-refractivity contribution in [3.05, 3.63) is 30.3 Å². The van der Waals surface area contributed by atoms with E-state index in [0.717, 1.165) is 0 Å². The van der Waals surface area contributed by atoms with Gasteiger partial charge in [0, 0.05) is 0 Å². The third-order valence-electron chi connectivity index (χ3n) is 1.36. The fourth-order valence-corrected chi connectivity index (χ4v) is 3.75. The summed E-state index contributed by atoms with van der Waals surface area (Å²) in [6.07, 6.45) is 3.71. The maximum Gasteiger partial charge on any atom is 0.248 e. The SMILES string of the molecule is C[SH](C)NS(=O)(=O)c1ccccc1. The molecule has 1 rings (SSSR count). The van der Waals surface area contributed by atoms with E-state index in [1.54, 1.807) is 30.3 Å². The van der Waals surface area contributed by atoms with Gasteiger partial charge in [-0.05, 0) is 24.6 Å². The van der Waals surface area contributed by atoms with Crippen molar-refractivity contribution in [2.45, 2.75) is 4.90 Å². The molecule has 0 aromatic heterocycles. The second-order valence-corrected chi connectivity index (χ2v) is 6.80. The van der Waals surface area contributed by atoms with E-state index in [-0.39, 0.29) is 0 Å². The molecule has 0 radical (unpaired) electrons. The van der Waals surface area contributed by atoms with Crippen LogP contribution in [0.4, 0.5) is 0 Å². The van der Waals surface area contributed by atoms with Crippen LogP contribution in [0.2, 0.25) is 0 Å². The van der Waals surface area contributed by atoms with E-state index in [0.29, 0.717) is 4.90 Å². The molecular formula is C8H13NO2S2. The highest BCUT2D eigenvalue weighted by Gasteiger charge is 2.12. The standard InChI is InChI=1S/C8H13NO2S2/c1-12(2)9-13(10,11)8-6-4-3-5-7-8/h3-7,9,12H,1-2H3. The smallest absolute Gasteiger partial charge is 0.206 e. The molecule has 1 aromatic rings. The lowest BCUT2D eigenvalue weighted by atomic mass is 10.4. The Bertz CT molecular complexity index is 359. The number of sulfonamides is 1. The van der Waals surface area contributed by atoms with Crippen molar-refractivity contribution in [1.82, 2.24) is 4.13 Å². The molecule has 0 amide bonds. The summed E-state index contributed by atoms with van der Waals surface area (Å²) in [6.45, 7) is 0. The van der Waals surface area contributed by atoms with Gasteiger partial charge in [-0.15, -0.1) is 0 Å². The Balaban J connectivity index is 2.96. The Morgan fingerprint density at radius 3 is 2.15 bits per heavy atom. The lowest BCUT2D eigenvalue weighted by Crippen LogP contribution is -2.19. The summed E-state index contributed by atoms with van der Waals surface area (Å²) in [4.78, 5) is 0.325. The van der Waals surface area contributed by atoms with Crippen molar-refractivity contribution in [2.24, 2.45) is 0 Å². The van der Waals surface area contributed by atoms with Crippen molar-refractivity contribution in [2.75, 3.05) is 12.5 Å². The van der Waals surface area contributed by atoms with Gasteiger partial charge in [-0.2, -0.15) is 15.2 Å². The second kappa shape index (κ2) is 4.13. The van der Waals surface area contributed by atoms with Gasteiger partial charge in [0.2, 0.25) is 10.0 Å². The molecule has 1 aromatic carbocycles. The Labute approximate surface area is 81.7 Å². The van der Waals surface area contributed by atoms with E-state index in [4.69, 9.17) is 0 Å². The molecule has 0 aliphatic rings. The molecule has 0 saturated carbocycles. The van der Waals surface area contributed by atoms with Crippen molar-refractivity contribution in [1.29, 1.82) is 0 Å². The molecule has 5 heteroatoms. The summed E-state index contributed by atoms with van der Waals surface area (Å²) in [5.41, 5.74) is 0. The molecule has 0 aliphatic carbocycles. The molecule has 74 valence electrons. The van der Waals surface area contributed by atoms with Crippen LogP contribution >= 0.6 is 11.1 Å². The average molecular weight is 219 g/mol. The van der Waals surface area contributed by atoms with Gasteiger partial charge in [-0.3, -0.25) is 0 Å². The molecule has 13 heavy (non-hydrogen) atoms. The number of rotatable bonds is 3. The number of benzene rings is 1. The zero-order valence-electron chi connectivity index (χ0n) is 7.56. The number of hydrogen-bond acceptors (Lipinski definition) is 2. The van der Waals surface area contributed by atoms with Gasteiger partial charge in [0.15, 0.2) is 0 Å². The largest absolute Gasteiger partial charge is 0.248 e. The summed E-state index contributed by atoms with van der Waals surface area (Å²) in [5.74, 6) is 0. The van der Waals surface area contributed by atoms with Crippen molar-refractivity contribution in [3.63, 3.8) is 0 Å². The summed E-state index contributed by atoms with van der Waals surface area (Å²) >= 11 is -0.650. The van der Waals surface area contributed by atoms with Crippen molar-refractivity contribution < 1.29 is 8.42 Å². The fourth-order valence-electron chi connectivity index (χ4n) is 0.893. The average Bonchev–Trinajstić information content (AvgIpc) is 2.04. The summed E-state index contributed by atoms with van der Waals surface area (Å²) in [6, 6.07) is 8.38. The second-order valence-electron chi connectivity index (χ2n) is 2.80. The van der Waals surface area contributed by atoms with Crippen LogP contribution in [0.25, 0.3) is 0 Å². The minimum absolute atomic E-state index is 0.325. The molecule has 3 nitrogen and oxygen atoms in total. The molecule has 0 unspecified atom stereocenters. The Hall–Kier alpha value is -0.520. The van der Waals surface area contributed by atoms with Crippen LogP contribution in [-0.2, 0) is 10.0 Å². The van der Waals surface area contributed by atoms with E-state index in [1.165, 1.54) is 0 Å². The van der Waals surface area contributed by atoms with Gasteiger partial charge in [-0.25, -0.2) is 8.42 Å². The van der Waals surface area contributed by atoms with Crippen LogP contribution in [0.1, 0.15) is 0 Å². The summed E-state index contributed by atoms with van der Waals surface area (Å²) in [7, 11) is -3.28. The quantitative estimate of drug-likeness (QED) is 0.749. The minimum atomic E-state index is -3.28. The zero-order valence-corrected chi connectivity index (χ0v) is 9.27. The number of hydrogen-bond donors (Lipinski definition) is 2. The van der Waals surface area contributed by atoms with E-state index in [2.05, 4.69) is 4.13 Å². The fraction of sp³-hybridized carbons (Fsp3) is 0.250. The highest BCUT2D eigenvalue weighted by Crippen LogP contribution is 2.15. The van der Waals surface area contributed by atoms with E-state index in [9.17, 15) is 8.42 Å². The summed E-state index contributed by atoms with van der Waals surface area (Å²) in [5, 5.41) is 0. The van der Waals surface area contributed by atoms with Gasteiger partial charge in [0.05, 0.1) is 4.90 Å². The highest BCUT2D eigenvalue weighted by atomic mass is 32.3. The number of thiol groups is 1. The predicted octanol–water partition coefficient (Wildman–Crippen LogP) is 1.14. The third kappa shape index (κ3) is 3.02. The topological polar surface area (TPSA) is 46.2 Å². The van der Waals surface area contributed by atoms with E-state index in [1.807, 2.05) is 12.5 Å². The van der Waals surface area contributed by atoms with Gasteiger partial charge in [-0.1, -0.05) is 18.2 Å². The zero-order chi connectivity index (χ0) is 9.90. The maximum atomic E-state index is 11.5. The van der Waals surface area contributed by atoms with Crippen LogP contribution in [-0.4, -0.2) is 20.9 Å². The molecule has 0 saturated heterocycles. The molecule has 0 atom stereocenters. The number of nitrogens with one attached hydrogen (secondary N) is 1. The van der Waals surface area contributed by atoms with E-state index < -0.39 is 21.1 Å². The maximum absolute atomic E-state index is 11.5. The van der Waals surface area contributed by atoms with Crippen LogP contribution < -0.4 is 4.13 Å². The van der Waals surface area contributed by atoms with Crippen LogP contribution in [0.15, 0.2) is 35.2 Å². The van der Waals surface area contributed by atoms with E-state index >= 15 is 0 Å². The third-order valence-corrected chi connectivity index (χ3v) is 4.67. The molecule has 0 heterocycles. The Morgan fingerprint density at radius 1 is 1.15 bits per heavy atom. The predicted molar refractivity (Wildman–Crippen MR) is 57.6 cm³/mol. The van der Waals surface area contributed by atoms with Crippen molar-refractivity contribution in [3.8, 4) is 0 Å². The first-order valence-electron chi connectivity index (χ1n) is 3.77. The molecule has 1 N–H and O–H groups in total. The monoisotopic (exact) mass is 219 g/mol. The molecule has 0 fully saturated rings. The Morgan fingerprint density at radius 2 is 1.69 bits per heavy atom. The first-order chi connectivity index (χ1) is 6.02. The van der Waals surface area contributed by atoms with Gasteiger partial charge in [0.1, 0.15) is 0 Å². The van der Waals surface area contributed by atoms with Gasteiger partial charge < -0.3 is 0 Å². The van der Waals surface area contributed by atoms with Crippen LogP contribution in [0.5, 0.6) is 0 Å². The lowest BCUT2D eigenvalue weighted by molar-refractivity contribution is 0.594. The minimum Gasteiger partial charge on any atom is -0.206 e. The van der Waals surface area contributed by atoms with Crippen molar-refractivity contribution >= 4 is 21.1 Å². The molecule has 0 bridgehead atoms. The first-order valence-corrected chi connectivity index (χ1v) is 7.49. The first kappa shape index (κ1) is 10.6. The molecule has 0 aliphatic heterocycles. The molecule has 0 spiro atoms. The van der Waals surface area contributed by atoms with Gasteiger partial charge >= 0.3 is 0 Å². The van der Waals surface area contributed by atoms with Crippen LogP contribution in [0.3, 0.4) is 0 Å². The molecular weight excluding hydrogens is 206 g/mol. The Kier molecular flexibility index (Phi) is 3.35. The normalized spacial score (nSPS) is 12.6. The lowest BCUT2D eigenvalue weighted by Gasteiger charge is -2.11. The van der Waals surface area contributed by atoms with Crippen LogP contribution in [0, 0.1) is 0 Å². The summed E-state index contributed by atoms with van der Waals surface area (Å²) < 4.78 is 25.7. The highest BCUT2D eigenvalue weighted by molar-refractivity contribution is 8.20.